The molecule has 1 aromatic rings. The van der Waals surface area contributed by atoms with Gasteiger partial charge in [0.1, 0.15) is 16.7 Å². The lowest BCUT2D eigenvalue weighted by atomic mass is 10.0. The average molecular weight is 510 g/mol. The van der Waals surface area contributed by atoms with Crippen LogP contribution < -0.4 is 4.74 Å². The van der Waals surface area contributed by atoms with Gasteiger partial charge in [-0.1, -0.05) is 74.1 Å². The summed E-state index contributed by atoms with van der Waals surface area (Å²) in [7, 11) is 0. The van der Waals surface area contributed by atoms with Crippen molar-refractivity contribution in [2.45, 2.75) is 30.2 Å². The van der Waals surface area contributed by atoms with Crippen LogP contribution in [-0.4, -0.2) is 34.7 Å². The summed E-state index contributed by atoms with van der Waals surface area (Å²) in [5.41, 5.74) is 0.887. The molecule has 1 N–H and O–H groups in total. The molecule has 4 nitrogen and oxygen atoms in total. The van der Waals surface area contributed by atoms with E-state index in [1.54, 1.807) is 13.0 Å². The van der Waals surface area contributed by atoms with Crippen molar-refractivity contribution in [3.05, 3.63) is 64.7 Å². The topological polar surface area (TPSA) is 55.8 Å². The highest BCUT2D eigenvalue weighted by atomic mass is 79.9. The number of rotatable bonds is 8. The zero-order valence-corrected chi connectivity index (χ0v) is 18.7. The Morgan fingerprint density at radius 1 is 1.39 bits per heavy atom. The summed E-state index contributed by atoms with van der Waals surface area (Å²) in [4.78, 5) is 11.1. The van der Waals surface area contributed by atoms with Crippen LogP contribution in [0.3, 0.4) is 0 Å². The molecule has 2 atom stereocenters. The minimum absolute atomic E-state index is 0.326. The Morgan fingerprint density at radius 3 is 2.79 bits per heavy atom. The molecule has 28 heavy (non-hydrogen) atoms. The summed E-state index contributed by atoms with van der Waals surface area (Å²) in [5, 5.41) is 9.14. The molecule has 1 aromatic carbocycles. The third-order valence-electron chi connectivity index (χ3n) is 3.88. The number of benzene rings is 1. The van der Waals surface area contributed by atoms with Crippen molar-refractivity contribution in [1.82, 2.24) is 0 Å². The van der Waals surface area contributed by atoms with Crippen LogP contribution in [0, 0.1) is 11.8 Å². The molecule has 148 valence electrons. The number of carboxylic acid groups (broad SMARTS) is 1. The molecule has 0 bridgehead atoms. The van der Waals surface area contributed by atoms with E-state index < -0.39 is 12.1 Å². The predicted octanol–water partition coefficient (Wildman–Crippen LogP) is 5.03. The first-order valence-electron chi connectivity index (χ1n) is 8.88. The standard InChI is InChI=1S/C22H22Br2O4/c1-2-27-20(21(25)26)15-17-8-10-19(11-9-17)28-14-5-3-4-12-22(24)13-6-7-18(23)16-22/h3,5-11,13,20H,2,14-16H2,1H3,(H,25,26)/b5-3+/t20-,22?/m0/s1. The minimum Gasteiger partial charge on any atom is -0.490 e. The van der Waals surface area contributed by atoms with Crippen LogP contribution >= 0.6 is 31.9 Å². The molecule has 0 spiro atoms. The quantitative estimate of drug-likeness (QED) is 0.394. The first-order valence-corrected chi connectivity index (χ1v) is 10.5. The molecule has 0 aromatic heterocycles. The Hall–Kier alpha value is -1.81. The number of halogens is 2. The zero-order chi connectivity index (χ0) is 20.4. The van der Waals surface area contributed by atoms with Gasteiger partial charge in [-0.3, -0.25) is 0 Å². The number of aliphatic carboxylic acids is 1. The summed E-state index contributed by atoms with van der Waals surface area (Å²) in [6.07, 6.45) is 9.92. The maximum absolute atomic E-state index is 11.1. The summed E-state index contributed by atoms with van der Waals surface area (Å²) < 4.78 is 11.6. The van der Waals surface area contributed by atoms with Gasteiger partial charge in [0.2, 0.25) is 0 Å². The number of carbonyl (C=O) groups is 1. The highest BCUT2D eigenvalue weighted by Crippen LogP contribution is 2.33. The number of hydrogen-bond donors (Lipinski definition) is 1. The first-order chi connectivity index (χ1) is 13.4. The summed E-state index contributed by atoms with van der Waals surface area (Å²) in [6, 6.07) is 7.35. The van der Waals surface area contributed by atoms with Crippen molar-refractivity contribution in [2.75, 3.05) is 13.2 Å². The minimum atomic E-state index is -0.953. The highest BCUT2D eigenvalue weighted by Gasteiger charge is 2.23. The SMILES string of the molecule is CCO[C@@H](Cc1ccc(OC/C=C/C#CC2(Br)C=CC=C(Br)C2)cc1)C(=O)O. The molecule has 6 heteroatoms. The Morgan fingerprint density at radius 2 is 2.14 bits per heavy atom. The molecule has 0 amide bonds. The second-order valence-electron chi connectivity index (χ2n) is 6.12. The molecule has 1 unspecified atom stereocenters. The van der Waals surface area contributed by atoms with Gasteiger partial charge in [-0.15, -0.1) is 0 Å². The van der Waals surface area contributed by atoms with E-state index in [2.05, 4.69) is 43.7 Å². The third kappa shape index (κ3) is 7.67. The molecule has 0 aliphatic heterocycles. The van der Waals surface area contributed by atoms with Crippen molar-refractivity contribution >= 4 is 37.8 Å². The summed E-state index contributed by atoms with van der Waals surface area (Å²) in [6.45, 7) is 2.55. The molecular formula is C22H22Br2O4. The lowest BCUT2D eigenvalue weighted by Crippen LogP contribution is -2.26. The van der Waals surface area contributed by atoms with Crippen molar-refractivity contribution in [1.29, 1.82) is 0 Å². The van der Waals surface area contributed by atoms with Crippen LogP contribution in [0.4, 0.5) is 0 Å². The third-order valence-corrected chi connectivity index (χ3v) is 5.17. The van der Waals surface area contributed by atoms with E-state index in [0.29, 0.717) is 25.4 Å². The van der Waals surface area contributed by atoms with Crippen LogP contribution in [0.1, 0.15) is 18.9 Å². The maximum atomic E-state index is 11.1. The van der Waals surface area contributed by atoms with Gasteiger partial charge in [0.25, 0.3) is 0 Å². The van der Waals surface area contributed by atoms with Gasteiger partial charge < -0.3 is 14.6 Å². The van der Waals surface area contributed by atoms with E-state index in [4.69, 9.17) is 14.6 Å². The number of allylic oxidation sites excluding steroid dienone is 5. The Labute approximate surface area is 182 Å². The number of ether oxygens (including phenoxy) is 2. The Bertz CT molecular complexity index is 815. The summed E-state index contributed by atoms with van der Waals surface area (Å²) >= 11 is 7.14. The monoisotopic (exact) mass is 508 g/mol. The number of hydrogen-bond acceptors (Lipinski definition) is 3. The fraction of sp³-hybridized carbons (Fsp3) is 0.318. The van der Waals surface area contributed by atoms with Gasteiger partial charge >= 0.3 is 5.97 Å². The van der Waals surface area contributed by atoms with Crippen LogP contribution in [0.2, 0.25) is 0 Å². The van der Waals surface area contributed by atoms with Crippen LogP contribution in [0.15, 0.2) is 59.1 Å². The normalized spacial score (nSPS) is 19.6. The second-order valence-corrected chi connectivity index (χ2v) is 8.56. The molecular weight excluding hydrogens is 488 g/mol. The van der Waals surface area contributed by atoms with Crippen molar-refractivity contribution < 1.29 is 19.4 Å². The molecule has 1 aliphatic carbocycles. The van der Waals surface area contributed by atoms with Crippen molar-refractivity contribution in [3.8, 4) is 17.6 Å². The van der Waals surface area contributed by atoms with Gasteiger partial charge in [-0.05, 0) is 41.3 Å². The maximum Gasteiger partial charge on any atom is 0.333 e. The second kappa shape index (κ2) is 11.3. The van der Waals surface area contributed by atoms with Gasteiger partial charge in [0.15, 0.2) is 6.10 Å². The largest absolute Gasteiger partial charge is 0.490 e. The van der Waals surface area contributed by atoms with Gasteiger partial charge in [0.05, 0.1) is 0 Å². The molecule has 1 aliphatic rings. The molecule has 0 saturated carbocycles. The Balaban J connectivity index is 1.80. The molecule has 0 radical (unpaired) electrons. The smallest absolute Gasteiger partial charge is 0.333 e. The van der Waals surface area contributed by atoms with Gasteiger partial charge in [0, 0.05) is 19.4 Å². The fourth-order valence-corrected chi connectivity index (χ4v) is 4.06. The zero-order valence-electron chi connectivity index (χ0n) is 15.5. The number of alkyl halides is 1. The van der Waals surface area contributed by atoms with E-state index in [1.165, 1.54) is 0 Å². The van der Waals surface area contributed by atoms with Crippen molar-refractivity contribution in [2.24, 2.45) is 0 Å². The van der Waals surface area contributed by atoms with E-state index in [9.17, 15) is 4.79 Å². The highest BCUT2D eigenvalue weighted by molar-refractivity contribution is 9.12. The predicted molar refractivity (Wildman–Crippen MR) is 118 cm³/mol. The average Bonchev–Trinajstić information content (AvgIpc) is 2.65. The van der Waals surface area contributed by atoms with Crippen molar-refractivity contribution in [3.63, 3.8) is 0 Å². The van der Waals surface area contributed by atoms with E-state index in [0.717, 1.165) is 16.5 Å². The van der Waals surface area contributed by atoms with Crippen LogP contribution in [0.5, 0.6) is 5.75 Å². The van der Waals surface area contributed by atoms with Crippen LogP contribution in [-0.2, 0) is 16.0 Å². The summed E-state index contributed by atoms with van der Waals surface area (Å²) in [5.74, 6) is 5.97. The first kappa shape index (κ1) is 22.5. The molecule has 0 saturated heterocycles. The van der Waals surface area contributed by atoms with E-state index in [-0.39, 0.29) is 4.32 Å². The van der Waals surface area contributed by atoms with Gasteiger partial charge in [-0.2, -0.15) is 0 Å². The molecule has 0 fully saturated rings. The fourth-order valence-electron chi connectivity index (χ4n) is 2.52. The number of carboxylic acids is 1. The molecule has 0 heterocycles. The molecule has 2 rings (SSSR count). The van der Waals surface area contributed by atoms with E-state index >= 15 is 0 Å². The lowest BCUT2D eigenvalue weighted by Gasteiger charge is -2.19. The lowest BCUT2D eigenvalue weighted by molar-refractivity contribution is -0.149. The van der Waals surface area contributed by atoms with E-state index in [1.807, 2.05) is 48.6 Å². The van der Waals surface area contributed by atoms with Gasteiger partial charge in [-0.25, -0.2) is 4.79 Å². The van der Waals surface area contributed by atoms with Crippen LogP contribution in [0.25, 0.3) is 0 Å². The Kier molecular flexibility index (Phi) is 9.04.